The van der Waals surface area contributed by atoms with Crippen molar-refractivity contribution in [2.45, 2.75) is 49.8 Å². The number of ether oxygens (including phenoxy) is 3. The van der Waals surface area contributed by atoms with Gasteiger partial charge in [0.25, 0.3) is 0 Å². The van der Waals surface area contributed by atoms with Gasteiger partial charge in [-0.15, -0.1) is 0 Å². The summed E-state index contributed by atoms with van der Waals surface area (Å²) in [6.45, 7) is 4.25. The van der Waals surface area contributed by atoms with E-state index in [4.69, 9.17) is 14.2 Å². The van der Waals surface area contributed by atoms with E-state index < -0.39 is 49.5 Å². The Bertz CT molecular complexity index is 791. The highest BCUT2D eigenvalue weighted by Crippen LogP contribution is 2.42. The molecule has 0 saturated carbocycles. The summed E-state index contributed by atoms with van der Waals surface area (Å²) in [5.41, 5.74) is 0.598. The average Bonchev–Trinajstić information content (AvgIpc) is 3.00. The molecule has 160 valence electrons. The molecule has 0 radical (unpaired) electrons. The van der Waals surface area contributed by atoms with Crippen molar-refractivity contribution in [2.75, 3.05) is 13.2 Å². The molecule has 2 aliphatic rings. The third-order valence-corrected chi connectivity index (χ3v) is 5.05. The molecule has 0 unspecified atom stereocenters. The number of phenolic OH excluding ortho intramolecular Hbond substituents is 1. The predicted molar refractivity (Wildman–Crippen MR) is 96.3 cm³/mol. The van der Waals surface area contributed by atoms with Crippen molar-refractivity contribution >= 4 is 5.78 Å². The molecule has 1 aromatic rings. The Hall–Kier alpha value is -2.05. The first-order valence-corrected chi connectivity index (χ1v) is 8.98. The molecule has 0 amide bonds. The average molecular weight is 412 g/mol. The van der Waals surface area contributed by atoms with Crippen LogP contribution >= 0.6 is 0 Å². The zero-order valence-corrected chi connectivity index (χ0v) is 15.6. The maximum Gasteiger partial charge on any atom is 0.187 e. The molecule has 1 aromatic carbocycles. The fraction of sp³-hybridized carbons (Fsp3) is 0.526. The molecule has 0 aliphatic carbocycles. The number of hydrogen-bond donors (Lipinski definition) is 6. The number of ketones is 1. The van der Waals surface area contributed by atoms with E-state index >= 15 is 0 Å². The van der Waals surface area contributed by atoms with Crippen LogP contribution in [0.15, 0.2) is 24.3 Å². The first-order chi connectivity index (χ1) is 13.6. The summed E-state index contributed by atoms with van der Waals surface area (Å²) in [5, 5.41) is 59.2. The molecule has 1 saturated heterocycles. The van der Waals surface area contributed by atoms with Crippen LogP contribution in [0.5, 0.6) is 11.5 Å². The van der Waals surface area contributed by atoms with Crippen LogP contribution in [0.2, 0.25) is 0 Å². The van der Waals surface area contributed by atoms with Gasteiger partial charge in [-0.3, -0.25) is 4.79 Å². The first kappa shape index (κ1) is 21.7. The van der Waals surface area contributed by atoms with Gasteiger partial charge in [0.05, 0.1) is 18.8 Å². The van der Waals surface area contributed by atoms with Crippen molar-refractivity contribution < 1.29 is 49.6 Å². The van der Waals surface area contributed by atoms with Gasteiger partial charge in [0.1, 0.15) is 42.0 Å². The number of carbonyl (C=O) groups is 1. The molecule has 10 nitrogen and oxygen atoms in total. The van der Waals surface area contributed by atoms with Crippen molar-refractivity contribution in [1.82, 2.24) is 0 Å². The van der Waals surface area contributed by atoms with Crippen molar-refractivity contribution in [3.63, 3.8) is 0 Å². The SMILES string of the molecule is C=C(CO[C@H]1O[C@H](CO)[C@H](O)[C@@H](O)[C@H]1O)[C@@H]1Oc2cc(C(C)=O)c(O)cc2[C@@H]1O. The van der Waals surface area contributed by atoms with Gasteiger partial charge in [-0.05, 0) is 24.6 Å². The van der Waals surface area contributed by atoms with Gasteiger partial charge >= 0.3 is 0 Å². The number of benzene rings is 1. The monoisotopic (exact) mass is 412 g/mol. The molecule has 7 atom stereocenters. The lowest BCUT2D eigenvalue weighted by molar-refractivity contribution is -0.299. The molecule has 2 heterocycles. The number of phenols is 1. The van der Waals surface area contributed by atoms with Crippen LogP contribution in [0.25, 0.3) is 0 Å². The van der Waals surface area contributed by atoms with Gasteiger partial charge in [0.15, 0.2) is 18.2 Å². The fourth-order valence-corrected chi connectivity index (χ4v) is 3.35. The van der Waals surface area contributed by atoms with E-state index in [1.165, 1.54) is 19.1 Å². The molecule has 0 bridgehead atoms. The summed E-state index contributed by atoms with van der Waals surface area (Å²) < 4.78 is 16.3. The van der Waals surface area contributed by atoms with Crippen molar-refractivity contribution in [3.05, 3.63) is 35.4 Å². The summed E-state index contributed by atoms with van der Waals surface area (Å²) in [7, 11) is 0. The molecule has 0 spiro atoms. The smallest absolute Gasteiger partial charge is 0.187 e. The van der Waals surface area contributed by atoms with Crippen molar-refractivity contribution in [2.24, 2.45) is 0 Å². The molecule has 3 rings (SSSR count). The van der Waals surface area contributed by atoms with Crippen molar-refractivity contribution in [1.29, 1.82) is 0 Å². The highest BCUT2D eigenvalue weighted by Gasteiger charge is 2.44. The molecule has 0 aromatic heterocycles. The molecule has 2 aliphatic heterocycles. The number of hydrogen-bond acceptors (Lipinski definition) is 10. The lowest BCUT2D eigenvalue weighted by Gasteiger charge is -2.39. The molecular formula is C19H24O10. The van der Waals surface area contributed by atoms with Crippen LogP contribution in [-0.4, -0.2) is 86.4 Å². The number of carbonyl (C=O) groups excluding carboxylic acids is 1. The minimum atomic E-state index is -1.58. The van der Waals surface area contributed by atoms with E-state index in [0.717, 1.165) is 0 Å². The zero-order valence-electron chi connectivity index (χ0n) is 15.6. The van der Waals surface area contributed by atoms with E-state index in [9.17, 15) is 35.4 Å². The van der Waals surface area contributed by atoms with E-state index in [1.807, 2.05) is 0 Å². The van der Waals surface area contributed by atoms with Gasteiger partial charge in [-0.1, -0.05) is 6.58 Å². The third kappa shape index (κ3) is 4.01. The standard InChI is InChI=1S/C19H24O10/c1-7(6-27-19-17(26)16(25)15(24)13(5-20)29-19)18-14(23)10-3-11(22)9(8(2)21)4-12(10)28-18/h3-4,13-20,22-26H,1,5-6H2,2H3/t13-,14+,15+,16-,17-,18+,19+/m1/s1. The molecule has 6 N–H and O–H groups in total. The number of aliphatic hydroxyl groups is 5. The Kier molecular flexibility index (Phi) is 6.24. The lowest BCUT2D eigenvalue weighted by atomic mass is 9.99. The number of aromatic hydroxyl groups is 1. The molecule has 10 heteroatoms. The topological polar surface area (TPSA) is 166 Å². The minimum absolute atomic E-state index is 0.0554. The third-order valence-electron chi connectivity index (χ3n) is 5.05. The Balaban J connectivity index is 1.66. The number of rotatable bonds is 6. The Morgan fingerprint density at radius 1 is 1.17 bits per heavy atom. The van der Waals surface area contributed by atoms with Crippen molar-refractivity contribution in [3.8, 4) is 11.5 Å². The quantitative estimate of drug-likeness (QED) is 0.246. The van der Waals surface area contributed by atoms with Crippen LogP contribution in [-0.2, 0) is 9.47 Å². The largest absolute Gasteiger partial charge is 0.507 e. The zero-order chi connectivity index (χ0) is 21.5. The first-order valence-electron chi connectivity index (χ1n) is 8.98. The predicted octanol–water partition coefficient (Wildman–Crippen LogP) is -1.24. The minimum Gasteiger partial charge on any atom is -0.507 e. The van der Waals surface area contributed by atoms with Gasteiger partial charge < -0.3 is 44.8 Å². The second-order valence-corrected chi connectivity index (χ2v) is 7.11. The van der Waals surface area contributed by atoms with E-state index in [0.29, 0.717) is 0 Å². The van der Waals surface area contributed by atoms with Gasteiger partial charge in [0, 0.05) is 5.56 Å². The fourth-order valence-electron chi connectivity index (χ4n) is 3.35. The number of aliphatic hydroxyl groups excluding tert-OH is 5. The summed E-state index contributed by atoms with van der Waals surface area (Å²) >= 11 is 0. The van der Waals surface area contributed by atoms with Gasteiger partial charge in [0.2, 0.25) is 0 Å². The second kappa shape index (κ2) is 8.36. The van der Waals surface area contributed by atoms with Crippen LogP contribution in [0.4, 0.5) is 0 Å². The van der Waals surface area contributed by atoms with E-state index in [-0.39, 0.29) is 40.6 Å². The van der Waals surface area contributed by atoms with E-state index in [1.54, 1.807) is 0 Å². The molecular weight excluding hydrogens is 388 g/mol. The lowest BCUT2D eigenvalue weighted by Crippen LogP contribution is -2.59. The normalized spacial score (nSPS) is 33.8. The highest BCUT2D eigenvalue weighted by atomic mass is 16.7. The summed E-state index contributed by atoms with van der Waals surface area (Å²) in [4.78, 5) is 11.6. The molecule has 1 fully saturated rings. The van der Waals surface area contributed by atoms with Crippen LogP contribution in [0.3, 0.4) is 0 Å². The second-order valence-electron chi connectivity index (χ2n) is 7.11. The Morgan fingerprint density at radius 3 is 2.48 bits per heavy atom. The summed E-state index contributed by atoms with van der Waals surface area (Å²) in [5.74, 6) is -0.418. The Morgan fingerprint density at radius 2 is 1.86 bits per heavy atom. The van der Waals surface area contributed by atoms with Crippen LogP contribution in [0, 0.1) is 0 Å². The molecule has 29 heavy (non-hydrogen) atoms. The Labute approximate surface area is 166 Å². The van der Waals surface area contributed by atoms with Gasteiger partial charge in [-0.2, -0.15) is 0 Å². The maximum atomic E-state index is 11.6. The van der Waals surface area contributed by atoms with E-state index in [2.05, 4.69) is 6.58 Å². The van der Waals surface area contributed by atoms with Crippen LogP contribution < -0.4 is 4.74 Å². The highest BCUT2D eigenvalue weighted by molar-refractivity contribution is 5.97. The summed E-state index contributed by atoms with van der Waals surface area (Å²) in [6.07, 6.45) is -9.24. The van der Waals surface area contributed by atoms with Gasteiger partial charge in [-0.25, -0.2) is 0 Å². The number of Topliss-reactive ketones (excluding diaryl/α,β-unsaturated/α-hetero) is 1. The number of fused-ring (bicyclic) bond motifs is 1. The maximum absolute atomic E-state index is 11.6. The summed E-state index contributed by atoms with van der Waals surface area (Å²) in [6, 6.07) is 2.59. The van der Waals surface area contributed by atoms with Crippen LogP contribution in [0.1, 0.15) is 28.9 Å².